The van der Waals surface area contributed by atoms with Gasteiger partial charge in [0.1, 0.15) is 0 Å². The lowest BCUT2D eigenvalue weighted by atomic mass is 10.1. The highest BCUT2D eigenvalue weighted by Crippen LogP contribution is 2.37. The van der Waals surface area contributed by atoms with Crippen molar-refractivity contribution in [1.29, 1.82) is 0 Å². The lowest BCUT2D eigenvalue weighted by Gasteiger charge is -2.22. The second-order valence-electron chi connectivity index (χ2n) is 6.14. The van der Waals surface area contributed by atoms with Crippen LogP contribution in [-0.4, -0.2) is 5.91 Å². The molecule has 2 nitrogen and oxygen atoms in total. The maximum absolute atomic E-state index is 13.3. The third kappa shape index (κ3) is 3.77. The van der Waals surface area contributed by atoms with Gasteiger partial charge in [0.15, 0.2) is 0 Å². The summed E-state index contributed by atoms with van der Waals surface area (Å²) in [7, 11) is 0. The summed E-state index contributed by atoms with van der Waals surface area (Å²) in [5.41, 5.74) is 4.49. The van der Waals surface area contributed by atoms with Gasteiger partial charge in [-0.2, -0.15) is 0 Å². The van der Waals surface area contributed by atoms with E-state index in [2.05, 4.69) is 38.5 Å². The molecule has 132 valence electrons. The summed E-state index contributed by atoms with van der Waals surface area (Å²) in [6.07, 6.45) is 3.91. The molecule has 1 heterocycles. The summed E-state index contributed by atoms with van der Waals surface area (Å²) in [5.74, 6) is -0.0131. The molecule has 0 saturated carbocycles. The van der Waals surface area contributed by atoms with Gasteiger partial charge < -0.3 is 0 Å². The van der Waals surface area contributed by atoms with Crippen molar-refractivity contribution in [2.24, 2.45) is 0 Å². The molecule has 1 aliphatic heterocycles. The molecule has 0 aliphatic carbocycles. The highest BCUT2D eigenvalue weighted by molar-refractivity contribution is 14.1. The number of hydrogen-bond donors (Lipinski definition) is 0. The van der Waals surface area contributed by atoms with Crippen molar-refractivity contribution in [1.82, 2.24) is 0 Å². The van der Waals surface area contributed by atoms with Gasteiger partial charge in [-0.1, -0.05) is 70.5 Å². The largest absolute Gasteiger partial charge is 0.275 e. The Bertz CT molecular complexity index is 1060. The Kier molecular flexibility index (Phi) is 5.27. The minimum Gasteiger partial charge on any atom is -0.275 e. The van der Waals surface area contributed by atoms with Crippen molar-refractivity contribution >= 4 is 61.9 Å². The molecule has 3 aromatic carbocycles. The Morgan fingerprint density at radius 3 is 2.22 bits per heavy atom. The third-order valence-electron chi connectivity index (χ3n) is 4.34. The summed E-state index contributed by atoms with van der Waals surface area (Å²) in [6, 6.07) is 25.9. The topological polar surface area (TPSA) is 20.3 Å². The van der Waals surface area contributed by atoms with Gasteiger partial charge in [0.05, 0.1) is 11.4 Å². The summed E-state index contributed by atoms with van der Waals surface area (Å²) in [5, 5.41) is 0. The van der Waals surface area contributed by atoms with Gasteiger partial charge >= 0.3 is 0 Å². The first-order valence-corrected chi connectivity index (χ1v) is 10.3. The maximum Gasteiger partial charge on any atom is 0.262 e. The SMILES string of the molecule is O=C1/C(=C/c2ccc(Br)cc2)C=C(c2ccccc2)N1c1ccccc1I. The lowest BCUT2D eigenvalue weighted by Crippen LogP contribution is -2.25. The Morgan fingerprint density at radius 2 is 1.52 bits per heavy atom. The van der Waals surface area contributed by atoms with Crippen molar-refractivity contribution in [3.8, 4) is 0 Å². The minimum absolute atomic E-state index is 0.0131. The zero-order chi connectivity index (χ0) is 18.8. The fourth-order valence-electron chi connectivity index (χ4n) is 3.05. The van der Waals surface area contributed by atoms with Crippen LogP contribution < -0.4 is 4.90 Å². The van der Waals surface area contributed by atoms with Gasteiger partial charge in [0.2, 0.25) is 0 Å². The fourth-order valence-corrected chi connectivity index (χ4v) is 3.94. The molecule has 0 spiro atoms. The second kappa shape index (κ2) is 7.82. The molecule has 27 heavy (non-hydrogen) atoms. The summed E-state index contributed by atoms with van der Waals surface area (Å²) in [4.78, 5) is 15.1. The molecule has 4 rings (SSSR count). The zero-order valence-electron chi connectivity index (χ0n) is 14.3. The zero-order valence-corrected chi connectivity index (χ0v) is 18.0. The predicted octanol–water partition coefficient (Wildman–Crippen LogP) is 6.53. The van der Waals surface area contributed by atoms with E-state index in [1.165, 1.54) is 0 Å². The van der Waals surface area contributed by atoms with Crippen LogP contribution in [0.2, 0.25) is 0 Å². The van der Waals surface area contributed by atoms with E-state index >= 15 is 0 Å². The molecule has 0 unspecified atom stereocenters. The van der Waals surface area contributed by atoms with Crippen LogP contribution in [0.5, 0.6) is 0 Å². The van der Waals surface area contributed by atoms with Gasteiger partial charge in [0.25, 0.3) is 5.91 Å². The summed E-state index contributed by atoms with van der Waals surface area (Å²) >= 11 is 5.73. The van der Waals surface area contributed by atoms with Gasteiger partial charge in [-0.05, 0) is 70.1 Å². The van der Waals surface area contributed by atoms with E-state index in [4.69, 9.17) is 0 Å². The van der Waals surface area contributed by atoms with Crippen molar-refractivity contribution < 1.29 is 4.79 Å². The molecule has 0 bridgehead atoms. The van der Waals surface area contributed by atoms with Crippen molar-refractivity contribution in [3.05, 3.63) is 110 Å². The molecule has 3 aromatic rings. The average Bonchev–Trinajstić information content (AvgIpc) is 3.01. The number of benzene rings is 3. The molecule has 0 atom stereocenters. The van der Waals surface area contributed by atoms with Gasteiger partial charge in [0, 0.05) is 13.6 Å². The number of rotatable bonds is 3. The number of carbonyl (C=O) groups is 1. The van der Waals surface area contributed by atoms with Crippen LogP contribution in [0.3, 0.4) is 0 Å². The molecule has 0 saturated heterocycles. The van der Waals surface area contributed by atoms with Crippen LogP contribution >= 0.6 is 38.5 Å². The standard InChI is InChI=1S/C23H15BrINO/c24-19-12-10-16(11-13-19)14-18-15-22(17-6-2-1-3-7-17)26(23(18)27)21-9-5-4-8-20(21)25/h1-15H/b18-14+. The summed E-state index contributed by atoms with van der Waals surface area (Å²) < 4.78 is 2.05. The second-order valence-corrected chi connectivity index (χ2v) is 8.22. The van der Waals surface area contributed by atoms with Gasteiger partial charge in [-0.15, -0.1) is 0 Å². The quantitative estimate of drug-likeness (QED) is 0.280. The minimum atomic E-state index is -0.0131. The van der Waals surface area contributed by atoms with Crippen molar-refractivity contribution in [2.45, 2.75) is 0 Å². The normalized spacial score (nSPS) is 15.3. The van der Waals surface area contributed by atoms with E-state index in [0.717, 1.165) is 30.6 Å². The molecular weight excluding hydrogens is 513 g/mol. The van der Waals surface area contributed by atoms with E-state index in [1.54, 1.807) is 0 Å². The number of anilines is 1. The number of amides is 1. The Morgan fingerprint density at radius 1 is 0.852 bits per heavy atom. The van der Waals surface area contributed by atoms with Crippen LogP contribution in [-0.2, 0) is 4.79 Å². The third-order valence-corrected chi connectivity index (χ3v) is 5.78. The Hall–Kier alpha value is -2.18. The first-order chi connectivity index (χ1) is 13.1. The average molecular weight is 528 g/mol. The number of halogens is 2. The van der Waals surface area contributed by atoms with Crippen molar-refractivity contribution in [2.75, 3.05) is 4.90 Å². The predicted molar refractivity (Wildman–Crippen MR) is 123 cm³/mol. The Labute approximate surface area is 180 Å². The molecule has 1 aliphatic rings. The smallest absolute Gasteiger partial charge is 0.262 e. The Balaban J connectivity index is 1.84. The molecule has 0 radical (unpaired) electrons. The van der Waals surface area contributed by atoms with Gasteiger partial charge in [-0.25, -0.2) is 0 Å². The summed E-state index contributed by atoms with van der Waals surface area (Å²) in [6.45, 7) is 0. The number of hydrogen-bond acceptors (Lipinski definition) is 1. The van der Waals surface area contributed by atoms with Crippen LogP contribution in [0.4, 0.5) is 5.69 Å². The van der Waals surface area contributed by atoms with Crippen LogP contribution in [0.25, 0.3) is 11.8 Å². The molecule has 4 heteroatoms. The highest BCUT2D eigenvalue weighted by atomic mass is 127. The lowest BCUT2D eigenvalue weighted by molar-refractivity contribution is -0.113. The van der Waals surface area contributed by atoms with Crippen molar-refractivity contribution in [3.63, 3.8) is 0 Å². The van der Waals surface area contributed by atoms with Gasteiger partial charge in [-0.3, -0.25) is 9.69 Å². The number of carbonyl (C=O) groups excluding carboxylic acids is 1. The number of nitrogens with zero attached hydrogens (tertiary/aromatic N) is 1. The fraction of sp³-hybridized carbons (Fsp3) is 0. The molecule has 1 amide bonds. The molecular formula is C23H15BrINO. The first kappa shape index (κ1) is 18.2. The van der Waals surface area contributed by atoms with E-state index in [-0.39, 0.29) is 5.91 Å². The van der Waals surface area contributed by atoms with Crippen LogP contribution in [0.1, 0.15) is 11.1 Å². The van der Waals surface area contributed by atoms with Crippen LogP contribution in [0, 0.1) is 3.57 Å². The van der Waals surface area contributed by atoms with Crippen LogP contribution in [0.15, 0.2) is 95.0 Å². The van der Waals surface area contributed by atoms with E-state index in [0.29, 0.717) is 5.57 Å². The van der Waals surface area contributed by atoms with E-state index in [9.17, 15) is 4.79 Å². The highest BCUT2D eigenvalue weighted by Gasteiger charge is 2.31. The first-order valence-electron chi connectivity index (χ1n) is 8.47. The van der Waals surface area contributed by atoms with E-state index < -0.39 is 0 Å². The maximum atomic E-state index is 13.3. The van der Waals surface area contributed by atoms with E-state index in [1.807, 2.05) is 95.9 Å². The monoisotopic (exact) mass is 527 g/mol. The molecule has 0 N–H and O–H groups in total. The molecule has 0 aromatic heterocycles. The number of para-hydroxylation sites is 1. The molecule has 0 fully saturated rings.